The lowest BCUT2D eigenvalue weighted by molar-refractivity contribution is 0.439. The number of nitrogens with one attached hydrogen (secondary N) is 2. The molecule has 0 aliphatic carbocycles. The molecule has 0 bridgehead atoms. The van der Waals surface area contributed by atoms with Crippen LogP contribution < -0.4 is 10.0 Å². The Balaban J connectivity index is 2.28. The van der Waals surface area contributed by atoms with Crippen molar-refractivity contribution < 1.29 is 8.42 Å². The van der Waals surface area contributed by atoms with Crippen molar-refractivity contribution in [3.8, 4) is 0 Å². The van der Waals surface area contributed by atoms with Crippen molar-refractivity contribution in [2.45, 2.75) is 32.7 Å². The van der Waals surface area contributed by atoms with E-state index in [1.165, 1.54) is 4.31 Å². The SMILES string of the molecule is CC(C)NCCCN(C)S(=O)(=O)NCCc1cnn(C)c1. The molecule has 0 saturated heterocycles. The van der Waals surface area contributed by atoms with Gasteiger partial charge in [0.25, 0.3) is 10.2 Å². The first-order valence-electron chi connectivity index (χ1n) is 7.23. The van der Waals surface area contributed by atoms with Gasteiger partial charge < -0.3 is 5.32 Å². The van der Waals surface area contributed by atoms with E-state index in [1.807, 2.05) is 13.2 Å². The van der Waals surface area contributed by atoms with Crippen molar-refractivity contribution in [2.75, 3.05) is 26.7 Å². The van der Waals surface area contributed by atoms with Gasteiger partial charge in [-0.3, -0.25) is 4.68 Å². The van der Waals surface area contributed by atoms with E-state index in [0.29, 0.717) is 25.6 Å². The maximum absolute atomic E-state index is 12.0. The summed E-state index contributed by atoms with van der Waals surface area (Å²) >= 11 is 0. The van der Waals surface area contributed by atoms with Crippen molar-refractivity contribution in [3.63, 3.8) is 0 Å². The lowest BCUT2D eigenvalue weighted by Gasteiger charge is -2.18. The van der Waals surface area contributed by atoms with Gasteiger partial charge in [0.2, 0.25) is 0 Å². The molecule has 2 N–H and O–H groups in total. The zero-order valence-corrected chi connectivity index (χ0v) is 14.2. The molecule has 21 heavy (non-hydrogen) atoms. The monoisotopic (exact) mass is 317 g/mol. The van der Waals surface area contributed by atoms with Crippen LogP contribution in [0.5, 0.6) is 0 Å². The number of hydrogen-bond acceptors (Lipinski definition) is 4. The lowest BCUT2D eigenvalue weighted by atomic mass is 10.3. The number of hydrogen-bond donors (Lipinski definition) is 2. The van der Waals surface area contributed by atoms with E-state index in [2.05, 4.69) is 29.0 Å². The van der Waals surface area contributed by atoms with Crippen LogP contribution in [0.3, 0.4) is 0 Å². The van der Waals surface area contributed by atoms with E-state index in [-0.39, 0.29) is 0 Å². The topological polar surface area (TPSA) is 79.3 Å². The molecule has 0 saturated carbocycles. The molecule has 8 heteroatoms. The molecule has 0 spiro atoms. The van der Waals surface area contributed by atoms with Crippen LogP contribution >= 0.6 is 0 Å². The highest BCUT2D eigenvalue weighted by Crippen LogP contribution is 1.99. The maximum atomic E-state index is 12.0. The lowest BCUT2D eigenvalue weighted by Crippen LogP contribution is -2.40. The quantitative estimate of drug-likeness (QED) is 0.601. The molecule has 0 amide bonds. The highest BCUT2D eigenvalue weighted by atomic mass is 32.2. The summed E-state index contributed by atoms with van der Waals surface area (Å²) in [6.07, 6.45) is 5.05. The Hall–Kier alpha value is -0.960. The van der Waals surface area contributed by atoms with Gasteiger partial charge in [0.1, 0.15) is 0 Å². The van der Waals surface area contributed by atoms with E-state index in [9.17, 15) is 8.42 Å². The van der Waals surface area contributed by atoms with Crippen LogP contribution in [-0.4, -0.2) is 55.2 Å². The van der Waals surface area contributed by atoms with Gasteiger partial charge >= 0.3 is 0 Å². The first-order chi connectivity index (χ1) is 9.81. The van der Waals surface area contributed by atoms with Gasteiger partial charge in [-0.2, -0.15) is 17.8 Å². The molecule has 7 nitrogen and oxygen atoms in total. The Morgan fingerprint density at radius 2 is 2.10 bits per heavy atom. The van der Waals surface area contributed by atoms with Crippen LogP contribution in [0, 0.1) is 0 Å². The summed E-state index contributed by atoms with van der Waals surface area (Å²) < 4.78 is 29.7. The van der Waals surface area contributed by atoms with Crippen LogP contribution in [0.25, 0.3) is 0 Å². The minimum atomic E-state index is -3.40. The molecule has 122 valence electrons. The van der Waals surface area contributed by atoms with E-state index in [1.54, 1.807) is 17.9 Å². The van der Waals surface area contributed by atoms with Crippen molar-refractivity contribution in [1.29, 1.82) is 0 Å². The summed E-state index contributed by atoms with van der Waals surface area (Å²) in [7, 11) is 0.0429. The molecule has 0 atom stereocenters. The summed E-state index contributed by atoms with van der Waals surface area (Å²) in [6.45, 7) is 5.83. The third-order valence-electron chi connectivity index (χ3n) is 3.07. The summed E-state index contributed by atoms with van der Waals surface area (Å²) in [5.74, 6) is 0. The molecule has 0 aromatic carbocycles. The van der Waals surface area contributed by atoms with E-state index in [0.717, 1.165) is 18.5 Å². The standard InChI is InChI=1S/C13H27N5O2S/c1-12(2)14-7-5-9-18(4)21(19,20)16-8-6-13-10-15-17(3)11-13/h10-12,14,16H,5-9H2,1-4H3. The predicted octanol–water partition coefficient (Wildman–Crippen LogP) is 0.117. The van der Waals surface area contributed by atoms with Gasteiger partial charge in [-0.15, -0.1) is 0 Å². The number of rotatable bonds is 10. The molecule has 0 aliphatic rings. The molecule has 0 radical (unpaired) electrons. The third-order valence-corrected chi connectivity index (χ3v) is 4.64. The zero-order valence-electron chi connectivity index (χ0n) is 13.3. The Kier molecular flexibility index (Phi) is 7.30. The first-order valence-corrected chi connectivity index (χ1v) is 8.67. The van der Waals surface area contributed by atoms with Gasteiger partial charge in [-0.25, -0.2) is 4.72 Å². The van der Waals surface area contributed by atoms with Crippen LogP contribution in [-0.2, 0) is 23.7 Å². The van der Waals surface area contributed by atoms with Crippen LogP contribution in [0.15, 0.2) is 12.4 Å². The highest BCUT2D eigenvalue weighted by Gasteiger charge is 2.16. The molecular formula is C13H27N5O2S. The van der Waals surface area contributed by atoms with Gasteiger partial charge in [0, 0.05) is 39.4 Å². The second-order valence-corrected chi connectivity index (χ2v) is 7.32. The molecule has 1 aromatic rings. The molecule has 0 aliphatic heterocycles. The fraction of sp³-hybridized carbons (Fsp3) is 0.769. The van der Waals surface area contributed by atoms with Gasteiger partial charge in [0.15, 0.2) is 0 Å². The Labute approximate surface area is 127 Å². The fourth-order valence-corrected chi connectivity index (χ4v) is 2.80. The molecule has 1 heterocycles. The van der Waals surface area contributed by atoms with Gasteiger partial charge in [0.05, 0.1) is 6.20 Å². The predicted molar refractivity (Wildman–Crippen MR) is 84.2 cm³/mol. The highest BCUT2D eigenvalue weighted by molar-refractivity contribution is 7.87. The Morgan fingerprint density at radius 1 is 1.38 bits per heavy atom. The molecule has 0 unspecified atom stereocenters. The summed E-state index contributed by atoms with van der Waals surface area (Å²) in [5, 5.41) is 7.32. The molecule has 1 rings (SSSR count). The van der Waals surface area contributed by atoms with Crippen molar-refractivity contribution in [3.05, 3.63) is 18.0 Å². The average molecular weight is 317 g/mol. The number of aryl methyl sites for hydroxylation is 1. The first kappa shape index (κ1) is 18.1. The van der Waals surface area contributed by atoms with Crippen LogP contribution in [0.2, 0.25) is 0 Å². The second-order valence-electron chi connectivity index (χ2n) is 5.46. The van der Waals surface area contributed by atoms with E-state index in [4.69, 9.17) is 0 Å². The summed E-state index contributed by atoms with van der Waals surface area (Å²) in [4.78, 5) is 0. The number of aromatic nitrogens is 2. The van der Waals surface area contributed by atoms with E-state index < -0.39 is 10.2 Å². The van der Waals surface area contributed by atoms with Crippen LogP contribution in [0.4, 0.5) is 0 Å². The van der Waals surface area contributed by atoms with Gasteiger partial charge in [-0.05, 0) is 24.9 Å². The van der Waals surface area contributed by atoms with Crippen molar-refractivity contribution in [2.24, 2.45) is 7.05 Å². The zero-order chi connectivity index (χ0) is 15.9. The smallest absolute Gasteiger partial charge is 0.279 e. The van der Waals surface area contributed by atoms with E-state index >= 15 is 0 Å². The maximum Gasteiger partial charge on any atom is 0.279 e. The number of nitrogens with zero attached hydrogens (tertiary/aromatic N) is 3. The minimum Gasteiger partial charge on any atom is -0.314 e. The van der Waals surface area contributed by atoms with Crippen LogP contribution in [0.1, 0.15) is 25.8 Å². The Morgan fingerprint density at radius 3 is 2.67 bits per heavy atom. The van der Waals surface area contributed by atoms with Crippen molar-refractivity contribution >= 4 is 10.2 Å². The molecule has 1 aromatic heterocycles. The molecule has 0 fully saturated rings. The largest absolute Gasteiger partial charge is 0.314 e. The van der Waals surface area contributed by atoms with Crippen molar-refractivity contribution in [1.82, 2.24) is 24.1 Å². The summed E-state index contributed by atoms with van der Waals surface area (Å²) in [6, 6.07) is 0.421. The Bertz CT molecular complexity index is 512. The van der Waals surface area contributed by atoms with Gasteiger partial charge in [-0.1, -0.05) is 13.8 Å². The fourth-order valence-electron chi connectivity index (χ4n) is 1.85. The minimum absolute atomic E-state index is 0.378. The second kappa shape index (κ2) is 8.47. The molecular weight excluding hydrogens is 290 g/mol. The average Bonchev–Trinajstić information content (AvgIpc) is 2.79. The summed E-state index contributed by atoms with van der Waals surface area (Å²) in [5.41, 5.74) is 1.02. The normalized spacial score (nSPS) is 12.5. The third kappa shape index (κ3) is 7.03.